The van der Waals surface area contributed by atoms with Crippen LogP contribution in [0.15, 0.2) is 53.3 Å². The van der Waals surface area contributed by atoms with Crippen molar-refractivity contribution in [2.24, 2.45) is 0 Å². The number of nitrogens with one attached hydrogen (secondary N) is 1. The van der Waals surface area contributed by atoms with Gasteiger partial charge >= 0.3 is 0 Å². The van der Waals surface area contributed by atoms with Crippen LogP contribution in [-0.4, -0.2) is 21.4 Å². The quantitative estimate of drug-likeness (QED) is 0.541. The summed E-state index contributed by atoms with van der Waals surface area (Å²) in [6.45, 7) is 0.677. The number of aromatic nitrogens is 2. The van der Waals surface area contributed by atoms with Gasteiger partial charge in [-0.25, -0.2) is 9.97 Å². The molecule has 3 rings (SSSR count). The number of fused-ring (bicyclic) bond motifs is 1. The molecule has 6 nitrogen and oxygen atoms in total. The van der Waals surface area contributed by atoms with Crippen molar-refractivity contribution in [3.8, 4) is 0 Å². The number of nitro groups is 1. The van der Waals surface area contributed by atoms with Crippen molar-refractivity contribution in [3.63, 3.8) is 0 Å². The Kier molecular flexibility index (Phi) is 4.47. The molecule has 0 saturated heterocycles. The average Bonchev–Trinajstić information content (AvgIpc) is 2.55. The largest absolute Gasteiger partial charge is 0.369 e. The molecule has 1 heterocycles. The summed E-state index contributed by atoms with van der Waals surface area (Å²) in [5.74, 6) is 0.776. The Hall–Kier alpha value is -2.54. The van der Waals surface area contributed by atoms with Crippen molar-refractivity contribution < 1.29 is 4.92 Å². The maximum Gasteiger partial charge on any atom is 0.269 e. The fourth-order valence-corrected chi connectivity index (χ4v) is 2.64. The molecule has 2 aromatic carbocycles. The standard InChI is InChI=1S/C16H13BrN4O2/c17-12-3-6-15-14(9-12)16(20-10-19-15)18-8-7-11-1-4-13(5-2-11)21(22)23/h1-6,9-10H,7-8H2,(H,18,19,20). The third kappa shape index (κ3) is 3.62. The molecule has 0 aliphatic rings. The van der Waals surface area contributed by atoms with E-state index in [0.717, 1.165) is 33.2 Å². The second kappa shape index (κ2) is 6.70. The van der Waals surface area contributed by atoms with Crippen LogP contribution < -0.4 is 5.32 Å². The molecule has 1 N–H and O–H groups in total. The Bertz CT molecular complexity index is 852. The van der Waals surface area contributed by atoms with Gasteiger partial charge in [0.05, 0.1) is 10.4 Å². The highest BCUT2D eigenvalue weighted by Gasteiger charge is 2.06. The zero-order valence-electron chi connectivity index (χ0n) is 12.1. The van der Waals surface area contributed by atoms with Crippen LogP contribution in [0.2, 0.25) is 0 Å². The van der Waals surface area contributed by atoms with E-state index in [1.54, 1.807) is 12.1 Å². The molecule has 0 aliphatic carbocycles. The van der Waals surface area contributed by atoms with E-state index in [4.69, 9.17) is 0 Å². The summed E-state index contributed by atoms with van der Waals surface area (Å²) in [5.41, 5.74) is 2.01. The second-order valence-electron chi connectivity index (χ2n) is 4.98. The first-order chi connectivity index (χ1) is 11.1. The van der Waals surface area contributed by atoms with Crippen LogP contribution in [0.25, 0.3) is 10.9 Å². The van der Waals surface area contributed by atoms with Gasteiger partial charge in [0.25, 0.3) is 5.69 Å². The van der Waals surface area contributed by atoms with Crippen molar-refractivity contribution in [2.45, 2.75) is 6.42 Å². The van der Waals surface area contributed by atoms with Gasteiger partial charge in [0.2, 0.25) is 0 Å². The van der Waals surface area contributed by atoms with Crippen LogP contribution >= 0.6 is 15.9 Å². The lowest BCUT2D eigenvalue weighted by Gasteiger charge is -2.08. The summed E-state index contributed by atoms with van der Waals surface area (Å²) < 4.78 is 0.971. The molecular formula is C16H13BrN4O2. The number of anilines is 1. The lowest BCUT2D eigenvalue weighted by molar-refractivity contribution is -0.384. The van der Waals surface area contributed by atoms with E-state index in [9.17, 15) is 10.1 Å². The molecular weight excluding hydrogens is 360 g/mol. The third-order valence-corrected chi connectivity index (χ3v) is 3.94. The monoisotopic (exact) mass is 372 g/mol. The van der Waals surface area contributed by atoms with E-state index >= 15 is 0 Å². The Morgan fingerprint density at radius 1 is 1.13 bits per heavy atom. The van der Waals surface area contributed by atoms with Crippen molar-refractivity contribution in [1.82, 2.24) is 9.97 Å². The van der Waals surface area contributed by atoms with Gasteiger partial charge in [-0.3, -0.25) is 10.1 Å². The van der Waals surface area contributed by atoms with Crippen molar-refractivity contribution in [2.75, 3.05) is 11.9 Å². The Labute approximate surface area is 140 Å². The summed E-state index contributed by atoms with van der Waals surface area (Å²) in [5, 5.41) is 14.9. The van der Waals surface area contributed by atoms with E-state index in [0.29, 0.717) is 6.54 Å². The van der Waals surface area contributed by atoms with Gasteiger partial charge in [0, 0.05) is 28.5 Å². The Balaban J connectivity index is 1.69. The van der Waals surface area contributed by atoms with Gasteiger partial charge in [-0.15, -0.1) is 0 Å². The van der Waals surface area contributed by atoms with Crippen molar-refractivity contribution >= 4 is 38.3 Å². The number of hydrogen-bond acceptors (Lipinski definition) is 5. The average molecular weight is 373 g/mol. The predicted molar refractivity (Wildman–Crippen MR) is 92.5 cm³/mol. The fraction of sp³-hybridized carbons (Fsp3) is 0.125. The molecule has 0 atom stereocenters. The Morgan fingerprint density at radius 3 is 2.65 bits per heavy atom. The smallest absolute Gasteiger partial charge is 0.269 e. The molecule has 23 heavy (non-hydrogen) atoms. The minimum absolute atomic E-state index is 0.105. The number of nitrogens with zero attached hydrogens (tertiary/aromatic N) is 3. The van der Waals surface area contributed by atoms with Crippen LogP contribution in [0, 0.1) is 10.1 Å². The minimum atomic E-state index is -0.396. The molecule has 0 fully saturated rings. The van der Waals surface area contributed by atoms with Crippen LogP contribution in [0.1, 0.15) is 5.56 Å². The topological polar surface area (TPSA) is 81.0 Å². The van der Waals surface area contributed by atoms with Crippen molar-refractivity contribution in [1.29, 1.82) is 0 Å². The summed E-state index contributed by atoms with van der Waals surface area (Å²) >= 11 is 3.45. The highest BCUT2D eigenvalue weighted by atomic mass is 79.9. The number of nitro benzene ring substituents is 1. The zero-order valence-corrected chi connectivity index (χ0v) is 13.7. The van der Waals surface area contributed by atoms with Gasteiger partial charge in [-0.05, 0) is 30.2 Å². The molecule has 0 aliphatic heterocycles. The van der Waals surface area contributed by atoms with Crippen molar-refractivity contribution in [3.05, 3.63) is 68.9 Å². The molecule has 0 saturated carbocycles. The van der Waals surface area contributed by atoms with Gasteiger partial charge in [0.15, 0.2) is 0 Å². The van der Waals surface area contributed by atoms with Crippen LogP contribution in [0.3, 0.4) is 0 Å². The number of hydrogen-bond donors (Lipinski definition) is 1. The summed E-state index contributed by atoms with van der Waals surface area (Å²) in [6.07, 6.45) is 2.28. The SMILES string of the molecule is O=[N+]([O-])c1ccc(CCNc2ncnc3ccc(Br)cc23)cc1. The third-order valence-electron chi connectivity index (χ3n) is 3.45. The first-order valence-electron chi connectivity index (χ1n) is 7.01. The number of non-ortho nitro benzene ring substituents is 1. The first-order valence-corrected chi connectivity index (χ1v) is 7.80. The first kappa shape index (κ1) is 15.4. The molecule has 0 radical (unpaired) electrons. The maximum atomic E-state index is 10.6. The van der Waals surface area contributed by atoms with Crippen LogP contribution in [0.4, 0.5) is 11.5 Å². The predicted octanol–water partition coefficient (Wildman–Crippen LogP) is 3.96. The lowest BCUT2D eigenvalue weighted by Crippen LogP contribution is -2.07. The van der Waals surface area contributed by atoms with E-state index in [-0.39, 0.29) is 5.69 Å². The summed E-state index contributed by atoms with van der Waals surface area (Å²) in [4.78, 5) is 18.8. The zero-order chi connectivity index (χ0) is 16.2. The Morgan fingerprint density at radius 2 is 1.91 bits per heavy atom. The number of benzene rings is 2. The van der Waals surface area contributed by atoms with Crippen LogP contribution in [0.5, 0.6) is 0 Å². The van der Waals surface area contributed by atoms with E-state index < -0.39 is 4.92 Å². The molecule has 0 bridgehead atoms. The summed E-state index contributed by atoms with van der Waals surface area (Å²) in [6, 6.07) is 12.4. The van der Waals surface area contributed by atoms with E-state index in [1.165, 1.54) is 18.5 Å². The van der Waals surface area contributed by atoms with Crippen LogP contribution in [-0.2, 0) is 6.42 Å². The normalized spacial score (nSPS) is 10.7. The molecule has 3 aromatic rings. The van der Waals surface area contributed by atoms with Gasteiger partial charge in [0.1, 0.15) is 12.1 Å². The fourth-order valence-electron chi connectivity index (χ4n) is 2.28. The minimum Gasteiger partial charge on any atom is -0.369 e. The van der Waals surface area contributed by atoms with E-state index in [1.807, 2.05) is 18.2 Å². The highest BCUT2D eigenvalue weighted by Crippen LogP contribution is 2.23. The van der Waals surface area contributed by atoms with Gasteiger partial charge in [-0.2, -0.15) is 0 Å². The second-order valence-corrected chi connectivity index (χ2v) is 5.90. The highest BCUT2D eigenvalue weighted by molar-refractivity contribution is 9.10. The van der Waals surface area contributed by atoms with Gasteiger partial charge in [-0.1, -0.05) is 28.1 Å². The molecule has 116 valence electrons. The maximum absolute atomic E-state index is 10.6. The molecule has 0 unspecified atom stereocenters. The molecule has 1 aromatic heterocycles. The summed E-state index contributed by atoms with van der Waals surface area (Å²) in [7, 11) is 0. The molecule has 0 amide bonds. The number of rotatable bonds is 5. The number of halogens is 1. The molecule has 7 heteroatoms. The van der Waals surface area contributed by atoms with E-state index in [2.05, 4.69) is 31.2 Å². The lowest BCUT2D eigenvalue weighted by atomic mass is 10.1. The van der Waals surface area contributed by atoms with Gasteiger partial charge < -0.3 is 5.32 Å². The molecule has 0 spiro atoms.